The van der Waals surface area contributed by atoms with Crippen LogP contribution < -0.4 is 4.90 Å². The number of nitrogens with zero attached hydrogens (tertiary/aromatic N) is 3. The fraction of sp³-hybridized carbons (Fsp3) is 0.429. The summed E-state index contributed by atoms with van der Waals surface area (Å²) >= 11 is 6.15. The van der Waals surface area contributed by atoms with Crippen LogP contribution in [0.5, 0.6) is 0 Å². The zero-order valence-corrected chi connectivity index (χ0v) is 18.5. The second kappa shape index (κ2) is 8.32. The maximum Gasteiger partial charge on any atom is 0.227 e. The third kappa shape index (κ3) is 4.73. The Morgan fingerprint density at radius 1 is 1.07 bits per heavy atom. The molecule has 0 saturated carbocycles. The van der Waals surface area contributed by atoms with Crippen molar-refractivity contribution in [2.45, 2.75) is 37.0 Å². The lowest BCUT2D eigenvalue weighted by Crippen LogP contribution is -2.49. The monoisotopic (exact) mass is 435 g/mol. The second-order valence-corrected chi connectivity index (χ2v) is 11.2. The SMILES string of the molecule is CC(C)(C)S(=O)(=O)c1ccc(N2CCN(C(=O)Cc3ccccc3Cl)CC2)cn1. The zero-order valence-electron chi connectivity index (χ0n) is 16.9. The van der Waals surface area contributed by atoms with Gasteiger partial charge in [-0.05, 0) is 44.5 Å². The van der Waals surface area contributed by atoms with E-state index in [2.05, 4.69) is 9.88 Å². The molecule has 2 heterocycles. The molecular formula is C21H26ClN3O3S. The van der Waals surface area contributed by atoms with Gasteiger partial charge in [-0.2, -0.15) is 0 Å². The number of benzene rings is 1. The summed E-state index contributed by atoms with van der Waals surface area (Å²) in [6.45, 7) is 7.53. The number of piperazine rings is 1. The number of hydrogen-bond donors (Lipinski definition) is 0. The van der Waals surface area contributed by atoms with Crippen molar-refractivity contribution < 1.29 is 13.2 Å². The van der Waals surface area contributed by atoms with Crippen LogP contribution in [0.25, 0.3) is 0 Å². The zero-order chi connectivity index (χ0) is 21.2. The van der Waals surface area contributed by atoms with Crippen LogP contribution in [0.1, 0.15) is 26.3 Å². The van der Waals surface area contributed by atoms with Crippen molar-refractivity contribution in [2.24, 2.45) is 0 Å². The Balaban J connectivity index is 1.61. The highest BCUT2D eigenvalue weighted by molar-refractivity contribution is 7.92. The molecule has 1 aromatic heterocycles. The van der Waals surface area contributed by atoms with Gasteiger partial charge in [0.1, 0.15) is 0 Å². The molecule has 1 aromatic carbocycles. The summed E-state index contributed by atoms with van der Waals surface area (Å²) in [6.07, 6.45) is 1.89. The highest BCUT2D eigenvalue weighted by Gasteiger charge is 2.32. The van der Waals surface area contributed by atoms with Crippen molar-refractivity contribution in [3.8, 4) is 0 Å². The van der Waals surface area contributed by atoms with E-state index in [1.165, 1.54) is 0 Å². The molecule has 8 heteroatoms. The number of sulfone groups is 1. The summed E-state index contributed by atoms with van der Waals surface area (Å²) in [5, 5.41) is 0.693. The van der Waals surface area contributed by atoms with Gasteiger partial charge in [-0.15, -0.1) is 0 Å². The van der Waals surface area contributed by atoms with Crippen LogP contribution in [-0.4, -0.2) is 55.1 Å². The molecule has 0 bridgehead atoms. The minimum atomic E-state index is -3.47. The lowest BCUT2D eigenvalue weighted by Gasteiger charge is -2.36. The summed E-state index contributed by atoms with van der Waals surface area (Å²) in [5.74, 6) is 0.0579. The molecule has 0 spiro atoms. The molecule has 1 aliphatic heterocycles. The lowest BCUT2D eigenvalue weighted by molar-refractivity contribution is -0.130. The first kappa shape index (κ1) is 21.6. The van der Waals surface area contributed by atoms with Crippen LogP contribution in [0.4, 0.5) is 5.69 Å². The maximum atomic E-state index is 12.6. The first-order chi connectivity index (χ1) is 13.6. The number of aromatic nitrogens is 1. The lowest BCUT2D eigenvalue weighted by atomic mass is 10.1. The van der Waals surface area contributed by atoms with Gasteiger partial charge in [0.2, 0.25) is 5.91 Å². The van der Waals surface area contributed by atoms with Crippen LogP contribution in [0, 0.1) is 0 Å². The minimum Gasteiger partial charge on any atom is -0.367 e. The third-order valence-corrected chi connectivity index (χ3v) is 7.87. The molecule has 3 rings (SSSR count). The first-order valence-corrected chi connectivity index (χ1v) is 11.4. The van der Waals surface area contributed by atoms with E-state index in [1.807, 2.05) is 23.1 Å². The van der Waals surface area contributed by atoms with Crippen molar-refractivity contribution in [3.63, 3.8) is 0 Å². The molecule has 0 atom stereocenters. The predicted octanol–water partition coefficient (Wildman–Crippen LogP) is 3.20. The number of carbonyl (C=O) groups is 1. The number of rotatable bonds is 4. The Labute approximate surface area is 177 Å². The predicted molar refractivity (Wildman–Crippen MR) is 115 cm³/mol. The Morgan fingerprint density at radius 3 is 2.28 bits per heavy atom. The molecule has 1 saturated heterocycles. The topological polar surface area (TPSA) is 70.6 Å². The van der Waals surface area contributed by atoms with Crippen LogP contribution >= 0.6 is 11.6 Å². The summed E-state index contributed by atoms with van der Waals surface area (Å²) in [5.41, 5.74) is 1.69. The smallest absolute Gasteiger partial charge is 0.227 e. The summed E-state index contributed by atoms with van der Waals surface area (Å²) < 4.78 is 24.1. The van der Waals surface area contributed by atoms with Crippen molar-refractivity contribution in [2.75, 3.05) is 31.1 Å². The van der Waals surface area contributed by atoms with E-state index < -0.39 is 14.6 Å². The molecule has 2 aromatic rings. The number of hydrogen-bond acceptors (Lipinski definition) is 5. The van der Waals surface area contributed by atoms with Gasteiger partial charge in [-0.25, -0.2) is 13.4 Å². The molecule has 0 N–H and O–H groups in total. The average Bonchev–Trinajstić information content (AvgIpc) is 2.69. The van der Waals surface area contributed by atoms with Gasteiger partial charge in [0, 0.05) is 31.2 Å². The third-order valence-electron chi connectivity index (χ3n) is 5.10. The molecular weight excluding hydrogens is 410 g/mol. The standard InChI is InChI=1S/C21H26ClN3O3S/c1-21(2,3)29(27,28)19-9-8-17(15-23-19)24-10-12-25(13-11-24)20(26)14-16-6-4-5-7-18(16)22/h4-9,15H,10-14H2,1-3H3. The van der Waals surface area contributed by atoms with Gasteiger partial charge < -0.3 is 9.80 Å². The molecule has 1 amide bonds. The average molecular weight is 436 g/mol. The van der Waals surface area contributed by atoms with Gasteiger partial charge in [-0.3, -0.25) is 4.79 Å². The molecule has 1 fully saturated rings. The number of carbonyl (C=O) groups excluding carboxylic acids is 1. The molecule has 156 valence electrons. The minimum absolute atomic E-state index is 0.0579. The largest absolute Gasteiger partial charge is 0.367 e. The first-order valence-electron chi connectivity index (χ1n) is 9.56. The highest BCUT2D eigenvalue weighted by Crippen LogP contribution is 2.25. The van der Waals surface area contributed by atoms with Gasteiger partial charge >= 0.3 is 0 Å². The van der Waals surface area contributed by atoms with Crippen LogP contribution in [0.15, 0.2) is 47.6 Å². The fourth-order valence-electron chi connectivity index (χ4n) is 3.16. The Morgan fingerprint density at radius 2 is 1.72 bits per heavy atom. The van der Waals surface area contributed by atoms with Crippen LogP contribution in [-0.2, 0) is 21.1 Å². The molecule has 1 aliphatic rings. The number of amides is 1. The number of pyridine rings is 1. The molecule has 0 radical (unpaired) electrons. The van der Waals surface area contributed by atoms with Crippen LogP contribution in [0.2, 0.25) is 5.02 Å². The van der Waals surface area contributed by atoms with E-state index >= 15 is 0 Å². The van der Waals surface area contributed by atoms with E-state index in [0.29, 0.717) is 37.6 Å². The molecule has 0 aliphatic carbocycles. The van der Waals surface area contributed by atoms with E-state index in [4.69, 9.17) is 11.6 Å². The van der Waals surface area contributed by atoms with E-state index in [0.717, 1.165) is 11.3 Å². The van der Waals surface area contributed by atoms with E-state index in [1.54, 1.807) is 45.2 Å². The Bertz CT molecular complexity index is 977. The second-order valence-electron chi connectivity index (χ2n) is 8.11. The normalized spacial score (nSPS) is 15.4. The van der Waals surface area contributed by atoms with Gasteiger partial charge in [0.05, 0.1) is 23.1 Å². The van der Waals surface area contributed by atoms with Gasteiger partial charge in [-0.1, -0.05) is 29.8 Å². The van der Waals surface area contributed by atoms with Gasteiger partial charge in [0.25, 0.3) is 0 Å². The van der Waals surface area contributed by atoms with Crippen molar-refractivity contribution in [1.82, 2.24) is 9.88 Å². The van der Waals surface area contributed by atoms with Crippen molar-refractivity contribution >= 4 is 33.0 Å². The highest BCUT2D eigenvalue weighted by atomic mass is 35.5. The summed E-state index contributed by atoms with van der Waals surface area (Å²) in [4.78, 5) is 20.7. The van der Waals surface area contributed by atoms with E-state index in [9.17, 15) is 13.2 Å². The maximum absolute atomic E-state index is 12.6. The number of halogens is 1. The summed E-state index contributed by atoms with van der Waals surface area (Å²) in [7, 11) is -3.47. The fourth-order valence-corrected chi connectivity index (χ4v) is 4.43. The van der Waals surface area contributed by atoms with Crippen molar-refractivity contribution in [3.05, 3.63) is 53.2 Å². The van der Waals surface area contributed by atoms with E-state index in [-0.39, 0.29) is 10.9 Å². The number of anilines is 1. The van der Waals surface area contributed by atoms with Crippen molar-refractivity contribution in [1.29, 1.82) is 0 Å². The molecule has 29 heavy (non-hydrogen) atoms. The summed E-state index contributed by atoms with van der Waals surface area (Å²) in [6, 6.07) is 10.7. The molecule has 0 unspecified atom stereocenters. The quantitative estimate of drug-likeness (QED) is 0.737. The molecule has 6 nitrogen and oxygen atoms in total. The van der Waals surface area contributed by atoms with Crippen LogP contribution in [0.3, 0.4) is 0 Å². The van der Waals surface area contributed by atoms with Gasteiger partial charge in [0.15, 0.2) is 14.9 Å². The Kier molecular flexibility index (Phi) is 6.19. The Hall–Kier alpha value is -2.12.